The number of aromatic nitrogens is 3. The molecule has 2 aromatic rings. The zero-order valence-corrected chi connectivity index (χ0v) is 12.9. The van der Waals surface area contributed by atoms with Gasteiger partial charge in [0.25, 0.3) is 0 Å². The van der Waals surface area contributed by atoms with E-state index in [1.54, 1.807) is 0 Å². The molecular weight excluding hydrogens is 325 g/mol. The van der Waals surface area contributed by atoms with E-state index in [4.69, 9.17) is 34.8 Å². The minimum absolute atomic E-state index is 0.125. The van der Waals surface area contributed by atoms with Crippen LogP contribution < -0.4 is 0 Å². The van der Waals surface area contributed by atoms with E-state index >= 15 is 0 Å². The van der Waals surface area contributed by atoms with Gasteiger partial charge in [-0.1, -0.05) is 35.5 Å². The molecule has 0 aliphatic heterocycles. The van der Waals surface area contributed by atoms with Gasteiger partial charge in [0.05, 0.1) is 0 Å². The fraction of sp³-hybridized carbons (Fsp3) is 0.250. The fourth-order valence-electron chi connectivity index (χ4n) is 1.46. The van der Waals surface area contributed by atoms with Gasteiger partial charge in [-0.3, -0.25) is 0 Å². The number of rotatable bonds is 5. The Morgan fingerprint density at radius 2 is 1.53 bits per heavy atom. The van der Waals surface area contributed by atoms with Gasteiger partial charge in [-0.25, -0.2) is 0 Å². The second-order valence-corrected chi connectivity index (χ2v) is 5.91. The molecule has 3 nitrogen and oxygen atoms in total. The molecule has 0 atom stereocenters. The molecule has 0 unspecified atom stereocenters. The molecule has 0 radical (unpaired) electrons. The topological polar surface area (TPSA) is 38.7 Å². The van der Waals surface area contributed by atoms with Crippen molar-refractivity contribution in [3.8, 4) is 0 Å². The zero-order valence-electron chi connectivity index (χ0n) is 9.81. The Kier molecular flexibility index (Phi) is 5.70. The van der Waals surface area contributed by atoms with E-state index in [9.17, 15) is 0 Å². The number of halogens is 3. The zero-order chi connectivity index (χ0) is 13.7. The highest BCUT2D eigenvalue weighted by Gasteiger charge is 2.03. The molecule has 2 rings (SSSR count). The summed E-state index contributed by atoms with van der Waals surface area (Å²) < 4.78 is 0. The Balaban J connectivity index is 1.79. The number of benzene rings is 1. The van der Waals surface area contributed by atoms with Crippen molar-refractivity contribution >= 4 is 46.6 Å². The molecule has 7 heteroatoms. The highest BCUT2D eigenvalue weighted by molar-refractivity contribution is 7.99. The highest BCUT2D eigenvalue weighted by atomic mass is 35.5. The molecule has 100 valence electrons. The van der Waals surface area contributed by atoms with E-state index in [0.29, 0.717) is 5.16 Å². The Labute approximate surface area is 130 Å². The normalized spacial score (nSPS) is 10.7. The second kappa shape index (κ2) is 7.29. The van der Waals surface area contributed by atoms with E-state index in [1.807, 2.05) is 24.3 Å². The summed E-state index contributed by atoms with van der Waals surface area (Å²) in [5.41, 5.74) is 1.26. The first-order valence-corrected chi connectivity index (χ1v) is 7.70. The van der Waals surface area contributed by atoms with Crippen molar-refractivity contribution in [3.05, 3.63) is 45.4 Å². The summed E-state index contributed by atoms with van der Waals surface area (Å²) in [6, 6.07) is 7.86. The maximum absolute atomic E-state index is 5.83. The SMILES string of the molecule is Clc1ccc(CCCSc2nc(Cl)nc(Cl)n2)cc1. The molecular formula is C12H10Cl3N3S. The van der Waals surface area contributed by atoms with E-state index in [1.165, 1.54) is 17.3 Å². The lowest BCUT2D eigenvalue weighted by Gasteiger charge is -2.02. The van der Waals surface area contributed by atoms with Crippen LogP contribution in [0.3, 0.4) is 0 Å². The van der Waals surface area contributed by atoms with Crippen LogP contribution in [0.5, 0.6) is 0 Å². The average Bonchev–Trinajstić information content (AvgIpc) is 2.36. The summed E-state index contributed by atoms with van der Waals surface area (Å²) in [7, 11) is 0. The fourth-order valence-corrected chi connectivity index (χ4v) is 2.83. The monoisotopic (exact) mass is 333 g/mol. The predicted molar refractivity (Wildman–Crippen MR) is 80.3 cm³/mol. The third-order valence-corrected chi connectivity index (χ3v) is 3.84. The molecule has 0 aliphatic rings. The van der Waals surface area contributed by atoms with Crippen LogP contribution in [0.25, 0.3) is 0 Å². The summed E-state index contributed by atoms with van der Waals surface area (Å²) in [6.07, 6.45) is 1.99. The third kappa shape index (κ3) is 5.15. The Morgan fingerprint density at radius 1 is 0.895 bits per heavy atom. The summed E-state index contributed by atoms with van der Waals surface area (Å²) in [5.74, 6) is 0.888. The number of hydrogen-bond donors (Lipinski definition) is 0. The summed E-state index contributed by atoms with van der Waals surface area (Å²) >= 11 is 18.7. The van der Waals surface area contributed by atoms with Crippen LogP contribution in [0.2, 0.25) is 15.6 Å². The molecule has 0 saturated carbocycles. The standard InChI is InChI=1S/C12H10Cl3N3S/c13-9-5-3-8(4-6-9)2-1-7-19-12-17-10(14)16-11(15)18-12/h3-6H,1-2,7H2. The summed E-state index contributed by atoms with van der Waals surface area (Å²) in [6.45, 7) is 0. The van der Waals surface area contributed by atoms with Crippen LogP contribution in [0.1, 0.15) is 12.0 Å². The van der Waals surface area contributed by atoms with Crippen molar-refractivity contribution in [2.45, 2.75) is 18.0 Å². The summed E-state index contributed by atoms with van der Waals surface area (Å²) in [4.78, 5) is 11.7. The van der Waals surface area contributed by atoms with Crippen molar-refractivity contribution < 1.29 is 0 Å². The molecule has 1 aromatic carbocycles. The van der Waals surface area contributed by atoms with E-state index in [2.05, 4.69) is 15.0 Å². The maximum Gasteiger partial charge on any atom is 0.227 e. The van der Waals surface area contributed by atoms with Gasteiger partial charge >= 0.3 is 0 Å². The van der Waals surface area contributed by atoms with Gasteiger partial charge < -0.3 is 0 Å². The van der Waals surface area contributed by atoms with Crippen LogP contribution in [-0.4, -0.2) is 20.7 Å². The lowest BCUT2D eigenvalue weighted by atomic mass is 10.1. The quantitative estimate of drug-likeness (QED) is 0.593. The minimum atomic E-state index is 0.125. The van der Waals surface area contributed by atoms with Crippen molar-refractivity contribution in [2.24, 2.45) is 0 Å². The third-order valence-electron chi connectivity index (χ3n) is 2.31. The Hall–Kier alpha value is -0.550. The molecule has 0 saturated heterocycles. The average molecular weight is 335 g/mol. The van der Waals surface area contributed by atoms with Crippen molar-refractivity contribution in [1.82, 2.24) is 15.0 Å². The van der Waals surface area contributed by atoms with Gasteiger partial charge in [-0.2, -0.15) is 15.0 Å². The maximum atomic E-state index is 5.83. The highest BCUT2D eigenvalue weighted by Crippen LogP contribution is 2.18. The van der Waals surface area contributed by atoms with Gasteiger partial charge in [-0.15, -0.1) is 0 Å². The Morgan fingerprint density at radius 3 is 2.16 bits per heavy atom. The molecule has 0 spiro atoms. The van der Waals surface area contributed by atoms with Crippen molar-refractivity contribution in [1.29, 1.82) is 0 Å². The minimum Gasteiger partial charge on any atom is -0.192 e. The van der Waals surface area contributed by atoms with E-state index < -0.39 is 0 Å². The number of aryl methyl sites for hydroxylation is 1. The number of hydrogen-bond acceptors (Lipinski definition) is 4. The first kappa shape index (κ1) is 14.9. The van der Waals surface area contributed by atoms with Crippen LogP contribution in [0.15, 0.2) is 29.4 Å². The first-order chi connectivity index (χ1) is 9.13. The largest absolute Gasteiger partial charge is 0.227 e. The van der Waals surface area contributed by atoms with Gasteiger partial charge in [0, 0.05) is 10.8 Å². The van der Waals surface area contributed by atoms with Gasteiger partial charge in [0.15, 0.2) is 5.16 Å². The number of nitrogens with zero attached hydrogens (tertiary/aromatic N) is 3. The Bertz CT molecular complexity index is 528. The van der Waals surface area contributed by atoms with Crippen LogP contribution in [-0.2, 0) is 6.42 Å². The molecule has 19 heavy (non-hydrogen) atoms. The van der Waals surface area contributed by atoms with Gasteiger partial charge in [0.1, 0.15) is 0 Å². The molecule has 0 N–H and O–H groups in total. The molecule has 0 amide bonds. The van der Waals surface area contributed by atoms with Crippen LogP contribution in [0.4, 0.5) is 0 Å². The van der Waals surface area contributed by atoms with E-state index in [-0.39, 0.29) is 10.6 Å². The van der Waals surface area contributed by atoms with Gasteiger partial charge in [0.2, 0.25) is 10.6 Å². The second-order valence-electron chi connectivity index (χ2n) is 3.73. The van der Waals surface area contributed by atoms with Crippen LogP contribution >= 0.6 is 46.6 Å². The molecule has 0 bridgehead atoms. The number of thioether (sulfide) groups is 1. The molecule has 0 fully saturated rings. The van der Waals surface area contributed by atoms with E-state index in [0.717, 1.165) is 23.6 Å². The van der Waals surface area contributed by atoms with Crippen molar-refractivity contribution in [3.63, 3.8) is 0 Å². The predicted octanol–water partition coefficient (Wildman–Crippen LogP) is 4.56. The lowest BCUT2D eigenvalue weighted by Crippen LogP contribution is -1.94. The molecule has 1 aromatic heterocycles. The molecule has 0 aliphatic carbocycles. The first-order valence-electron chi connectivity index (χ1n) is 5.58. The van der Waals surface area contributed by atoms with Gasteiger partial charge in [-0.05, 0) is 53.7 Å². The van der Waals surface area contributed by atoms with Crippen LogP contribution in [0, 0.1) is 0 Å². The summed E-state index contributed by atoms with van der Waals surface area (Å²) in [5, 5.41) is 1.56. The lowest BCUT2D eigenvalue weighted by molar-refractivity contribution is 0.890. The van der Waals surface area contributed by atoms with Crippen molar-refractivity contribution in [2.75, 3.05) is 5.75 Å². The smallest absolute Gasteiger partial charge is 0.192 e. The molecule has 1 heterocycles.